The van der Waals surface area contributed by atoms with Crippen molar-refractivity contribution in [2.75, 3.05) is 13.1 Å². The lowest BCUT2D eigenvalue weighted by molar-refractivity contribution is -0.138. The van der Waals surface area contributed by atoms with Gasteiger partial charge in [0.05, 0.1) is 5.56 Å². The van der Waals surface area contributed by atoms with Crippen LogP contribution in [0.1, 0.15) is 23.2 Å². The quantitative estimate of drug-likeness (QED) is 0.927. The van der Waals surface area contributed by atoms with Crippen molar-refractivity contribution in [2.45, 2.75) is 12.8 Å². The monoisotopic (exact) mass is 329 g/mol. The Hall–Kier alpha value is -1.43. The van der Waals surface area contributed by atoms with E-state index in [1.165, 1.54) is 23.1 Å². The van der Waals surface area contributed by atoms with E-state index in [1.807, 2.05) is 0 Å². The molecule has 0 aromatic heterocycles. The smallest absolute Gasteiger partial charge is 0.303 e. The Bertz CT molecular complexity index is 521. The van der Waals surface area contributed by atoms with Crippen LogP contribution < -0.4 is 0 Å². The minimum Gasteiger partial charge on any atom is -0.481 e. The number of likely N-dealkylation sites (tertiary alicyclic amines) is 1. The first-order chi connectivity index (χ1) is 8.97. The van der Waals surface area contributed by atoms with Crippen molar-refractivity contribution in [1.82, 2.24) is 4.90 Å². The Kier molecular flexibility index (Phi) is 4.19. The Morgan fingerprint density at radius 2 is 2.21 bits per heavy atom. The number of carbonyl (C=O) groups is 2. The van der Waals surface area contributed by atoms with Crippen molar-refractivity contribution in [3.05, 3.63) is 34.1 Å². The molecule has 1 saturated heterocycles. The van der Waals surface area contributed by atoms with Gasteiger partial charge in [0, 0.05) is 24.0 Å². The van der Waals surface area contributed by atoms with Crippen LogP contribution in [0.3, 0.4) is 0 Å². The van der Waals surface area contributed by atoms with E-state index in [-0.39, 0.29) is 23.8 Å². The minimum absolute atomic E-state index is 0.0188. The average molecular weight is 330 g/mol. The van der Waals surface area contributed by atoms with E-state index in [0.29, 0.717) is 24.0 Å². The predicted octanol–water partition coefficient (Wildman–Crippen LogP) is 2.53. The number of amides is 1. The minimum atomic E-state index is -0.868. The summed E-state index contributed by atoms with van der Waals surface area (Å²) in [6, 6.07) is 4.22. The second-order valence-electron chi connectivity index (χ2n) is 4.63. The second kappa shape index (κ2) is 5.69. The lowest BCUT2D eigenvalue weighted by atomic mass is 10.1. The molecule has 1 N–H and O–H groups in total. The van der Waals surface area contributed by atoms with Crippen LogP contribution in [-0.2, 0) is 4.79 Å². The van der Waals surface area contributed by atoms with Crippen molar-refractivity contribution < 1.29 is 19.1 Å². The van der Waals surface area contributed by atoms with Crippen molar-refractivity contribution in [2.24, 2.45) is 5.92 Å². The van der Waals surface area contributed by atoms with E-state index < -0.39 is 11.8 Å². The molecule has 1 amide bonds. The molecule has 1 fully saturated rings. The van der Waals surface area contributed by atoms with Crippen LogP contribution in [0.4, 0.5) is 4.39 Å². The number of halogens is 2. The van der Waals surface area contributed by atoms with Crippen LogP contribution in [0, 0.1) is 11.7 Å². The van der Waals surface area contributed by atoms with E-state index in [9.17, 15) is 14.0 Å². The molecular formula is C13H13BrFNO3. The van der Waals surface area contributed by atoms with Gasteiger partial charge in [-0.15, -0.1) is 0 Å². The van der Waals surface area contributed by atoms with Gasteiger partial charge in [-0.1, -0.05) is 15.9 Å². The Balaban J connectivity index is 2.09. The third kappa shape index (κ3) is 3.32. The lowest BCUT2D eigenvalue weighted by Gasteiger charge is -2.16. The van der Waals surface area contributed by atoms with Crippen LogP contribution in [0.2, 0.25) is 0 Å². The molecule has 1 aliphatic rings. The van der Waals surface area contributed by atoms with Crippen molar-refractivity contribution >= 4 is 27.8 Å². The van der Waals surface area contributed by atoms with Crippen molar-refractivity contribution in [3.8, 4) is 0 Å². The molecule has 1 heterocycles. The number of nitrogens with zero attached hydrogens (tertiary/aromatic N) is 1. The first kappa shape index (κ1) is 14.0. The number of hydrogen-bond donors (Lipinski definition) is 1. The summed E-state index contributed by atoms with van der Waals surface area (Å²) in [6.07, 6.45) is 0.693. The maximum atomic E-state index is 13.6. The topological polar surface area (TPSA) is 57.6 Å². The van der Waals surface area contributed by atoms with E-state index >= 15 is 0 Å². The molecule has 0 aliphatic carbocycles. The van der Waals surface area contributed by atoms with E-state index in [1.54, 1.807) is 0 Å². The zero-order valence-corrected chi connectivity index (χ0v) is 11.7. The number of hydrogen-bond acceptors (Lipinski definition) is 2. The molecule has 6 heteroatoms. The molecule has 102 valence electrons. The normalized spacial score (nSPS) is 18.6. The number of carboxylic acid groups (broad SMARTS) is 1. The maximum Gasteiger partial charge on any atom is 0.303 e. The molecule has 1 aromatic carbocycles. The summed E-state index contributed by atoms with van der Waals surface area (Å²) < 4.78 is 14.3. The van der Waals surface area contributed by atoms with Gasteiger partial charge in [0.25, 0.3) is 5.91 Å². The number of carboxylic acids is 1. The van der Waals surface area contributed by atoms with Crippen molar-refractivity contribution in [3.63, 3.8) is 0 Å². The molecule has 4 nitrogen and oxygen atoms in total. The summed E-state index contributed by atoms with van der Waals surface area (Å²) in [6.45, 7) is 0.847. The predicted molar refractivity (Wildman–Crippen MR) is 70.4 cm³/mol. The zero-order valence-electron chi connectivity index (χ0n) is 10.1. The number of carbonyl (C=O) groups excluding carboxylic acids is 1. The van der Waals surface area contributed by atoms with E-state index in [4.69, 9.17) is 5.11 Å². The zero-order chi connectivity index (χ0) is 14.0. The summed E-state index contributed by atoms with van der Waals surface area (Å²) in [7, 11) is 0. The van der Waals surface area contributed by atoms with E-state index in [2.05, 4.69) is 15.9 Å². The summed E-state index contributed by atoms with van der Waals surface area (Å²) in [5, 5.41) is 8.73. The SMILES string of the molecule is O=C(O)CC1CCN(C(=O)c2cc(Br)ccc2F)C1. The summed E-state index contributed by atoms with van der Waals surface area (Å²) in [5.41, 5.74) is 0.0188. The molecule has 0 saturated carbocycles. The Morgan fingerprint density at radius 1 is 1.47 bits per heavy atom. The van der Waals surface area contributed by atoms with Gasteiger partial charge in [-0.3, -0.25) is 9.59 Å². The summed E-state index contributed by atoms with van der Waals surface area (Å²) in [4.78, 5) is 24.3. The van der Waals surface area contributed by atoms with Gasteiger partial charge in [0.15, 0.2) is 0 Å². The Morgan fingerprint density at radius 3 is 2.89 bits per heavy atom. The highest BCUT2D eigenvalue weighted by Crippen LogP contribution is 2.23. The average Bonchev–Trinajstić information content (AvgIpc) is 2.79. The molecule has 0 spiro atoms. The van der Waals surface area contributed by atoms with Gasteiger partial charge in [-0.05, 0) is 30.5 Å². The van der Waals surface area contributed by atoms with E-state index in [0.717, 1.165) is 0 Å². The Labute approximate surface area is 118 Å². The molecule has 0 radical (unpaired) electrons. The largest absolute Gasteiger partial charge is 0.481 e. The third-order valence-corrected chi connectivity index (χ3v) is 3.69. The third-order valence-electron chi connectivity index (χ3n) is 3.20. The molecule has 1 atom stereocenters. The van der Waals surface area contributed by atoms with Crippen LogP contribution in [0.15, 0.2) is 22.7 Å². The van der Waals surface area contributed by atoms with Crippen molar-refractivity contribution in [1.29, 1.82) is 0 Å². The summed E-state index contributed by atoms with van der Waals surface area (Å²) in [5.74, 6) is -1.86. The molecular weight excluding hydrogens is 317 g/mol. The molecule has 1 aliphatic heterocycles. The van der Waals surface area contributed by atoms with Crippen LogP contribution in [0.5, 0.6) is 0 Å². The van der Waals surface area contributed by atoms with Crippen LogP contribution >= 0.6 is 15.9 Å². The highest BCUT2D eigenvalue weighted by Gasteiger charge is 2.29. The van der Waals surface area contributed by atoms with Gasteiger partial charge in [-0.25, -0.2) is 4.39 Å². The fourth-order valence-electron chi connectivity index (χ4n) is 2.26. The lowest BCUT2D eigenvalue weighted by Crippen LogP contribution is -2.29. The van der Waals surface area contributed by atoms with Gasteiger partial charge in [-0.2, -0.15) is 0 Å². The van der Waals surface area contributed by atoms with Crippen LogP contribution in [-0.4, -0.2) is 35.0 Å². The second-order valence-corrected chi connectivity index (χ2v) is 5.54. The number of benzene rings is 1. The molecule has 19 heavy (non-hydrogen) atoms. The first-order valence-corrected chi connectivity index (χ1v) is 6.73. The van der Waals surface area contributed by atoms with Gasteiger partial charge in [0.2, 0.25) is 0 Å². The first-order valence-electron chi connectivity index (χ1n) is 5.93. The highest BCUT2D eigenvalue weighted by atomic mass is 79.9. The number of aliphatic carboxylic acids is 1. The fraction of sp³-hybridized carbons (Fsp3) is 0.385. The number of rotatable bonds is 3. The summed E-state index contributed by atoms with van der Waals surface area (Å²) >= 11 is 3.20. The molecule has 0 bridgehead atoms. The standard InChI is InChI=1S/C13H13BrFNO3/c14-9-1-2-11(15)10(6-9)13(19)16-4-3-8(7-16)5-12(17)18/h1-2,6,8H,3-5,7H2,(H,17,18). The van der Waals surface area contributed by atoms with Crippen LogP contribution in [0.25, 0.3) is 0 Å². The van der Waals surface area contributed by atoms with Gasteiger partial charge in [0.1, 0.15) is 5.82 Å². The molecule has 1 unspecified atom stereocenters. The molecule has 2 rings (SSSR count). The maximum absolute atomic E-state index is 13.6. The highest BCUT2D eigenvalue weighted by molar-refractivity contribution is 9.10. The fourth-order valence-corrected chi connectivity index (χ4v) is 2.62. The van der Waals surface area contributed by atoms with Gasteiger partial charge >= 0.3 is 5.97 Å². The molecule has 1 aromatic rings. The van der Waals surface area contributed by atoms with Gasteiger partial charge < -0.3 is 10.0 Å².